The van der Waals surface area contributed by atoms with Crippen LogP contribution in [0.1, 0.15) is 40.5 Å². The normalized spacial score (nSPS) is 27.4. The lowest BCUT2D eigenvalue weighted by Gasteiger charge is -2.37. The van der Waals surface area contributed by atoms with Crippen molar-refractivity contribution in [1.82, 2.24) is 5.32 Å². The van der Waals surface area contributed by atoms with Gasteiger partial charge in [0.05, 0.1) is 6.61 Å². The first-order chi connectivity index (χ1) is 7.90. The van der Waals surface area contributed by atoms with Crippen molar-refractivity contribution in [1.29, 1.82) is 0 Å². The van der Waals surface area contributed by atoms with Crippen molar-refractivity contribution in [3.8, 4) is 0 Å². The number of hydrogen-bond donors (Lipinski definition) is 1. The maximum absolute atomic E-state index is 5.65. The van der Waals surface area contributed by atoms with Crippen LogP contribution in [-0.4, -0.2) is 39.0 Å². The molecule has 0 saturated carbocycles. The van der Waals surface area contributed by atoms with Crippen LogP contribution in [0.25, 0.3) is 0 Å². The first kappa shape index (κ1) is 14.9. The molecule has 0 aliphatic carbocycles. The van der Waals surface area contributed by atoms with E-state index in [0.717, 1.165) is 32.8 Å². The Kier molecular flexibility index (Phi) is 5.42. The van der Waals surface area contributed by atoms with Gasteiger partial charge < -0.3 is 14.8 Å². The lowest BCUT2D eigenvalue weighted by atomic mass is 9.73. The summed E-state index contributed by atoms with van der Waals surface area (Å²) in [5.41, 5.74) is 0.475. The largest absolute Gasteiger partial charge is 0.385 e. The van der Waals surface area contributed by atoms with Crippen molar-refractivity contribution < 1.29 is 9.47 Å². The van der Waals surface area contributed by atoms with Gasteiger partial charge in [-0.3, -0.25) is 0 Å². The molecule has 102 valence electrons. The first-order valence-electron chi connectivity index (χ1n) is 6.71. The monoisotopic (exact) mass is 243 g/mol. The van der Waals surface area contributed by atoms with Crippen molar-refractivity contribution in [2.24, 2.45) is 11.3 Å². The van der Waals surface area contributed by atoms with Gasteiger partial charge in [0.1, 0.15) is 0 Å². The van der Waals surface area contributed by atoms with E-state index in [-0.39, 0.29) is 5.54 Å². The maximum Gasteiger partial charge on any atom is 0.0538 e. The van der Waals surface area contributed by atoms with Gasteiger partial charge in [-0.05, 0) is 39.5 Å². The number of rotatable bonds is 6. The summed E-state index contributed by atoms with van der Waals surface area (Å²) in [6.07, 6.45) is 2.28. The molecule has 0 aromatic carbocycles. The second-order valence-electron chi connectivity index (χ2n) is 6.45. The van der Waals surface area contributed by atoms with Gasteiger partial charge in [0, 0.05) is 37.8 Å². The summed E-state index contributed by atoms with van der Waals surface area (Å²) in [6, 6.07) is 0. The molecule has 1 saturated heterocycles. The Labute approximate surface area is 106 Å². The topological polar surface area (TPSA) is 30.5 Å². The summed E-state index contributed by atoms with van der Waals surface area (Å²) in [7, 11) is 1.78. The Hall–Kier alpha value is -0.120. The fourth-order valence-corrected chi connectivity index (χ4v) is 2.37. The number of nitrogens with one attached hydrogen (secondary N) is 1. The zero-order chi connectivity index (χ0) is 12.9. The van der Waals surface area contributed by atoms with Crippen LogP contribution in [0.3, 0.4) is 0 Å². The van der Waals surface area contributed by atoms with Crippen molar-refractivity contribution in [3.05, 3.63) is 0 Å². The summed E-state index contributed by atoms with van der Waals surface area (Å²) < 4.78 is 10.8. The van der Waals surface area contributed by atoms with Gasteiger partial charge in [-0.2, -0.15) is 0 Å². The number of methoxy groups -OCH3 is 1. The second-order valence-corrected chi connectivity index (χ2v) is 6.45. The maximum atomic E-state index is 5.65. The van der Waals surface area contributed by atoms with E-state index in [0.29, 0.717) is 11.3 Å². The molecule has 2 atom stereocenters. The summed E-state index contributed by atoms with van der Waals surface area (Å²) >= 11 is 0. The summed E-state index contributed by atoms with van der Waals surface area (Å²) in [5, 5.41) is 3.64. The van der Waals surface area contributed by atoms with E-state index < -0.39 is 0 Å². The highest BCUT2D eigenvalue weighted by atomic mass is 16.5. The van der Waals surface area contributed by atoms with Crippen molar-refractivity contribution >= 4 is 0 Å². The van der Waals surface area contributed by atoms with E-state index >= 15 is 0 Å². The van der Waals surface area contributed by atoms with E-state index in [1.807, 2.05) is 0 Å². The van der Waals surface area contributed by atoms with Crippen LogP contribution in [-0.2, 0) is 9.47 Å². The van der Waals surface area contributed by atoms with Crippen LogP contribution in [0.15, 0.2) is 0 Å². The average molecular weight is 243 g/mol. The van der Waals surface area contributed by atoms with Crippen LogP contribution < -0.4 is 5.32 Å². The SMILES string of the molecule is COCCC(C)C1(CNC(C)(C)C)CCOC1. The molecule has 0 amide bonds. The molecule has 0 radical (unpaired) electrons. The zero-order valence-electron chi connectivity index (χ0n) is 12.1. The molecule has 0 aromatic rings. The van der Waals surface area contributed by atoms with Gasteiger partial charge in [-0.15, -0.1) is 0 Å². The number of hydrogen-bond acceptors (Lipinski definition) is 3. The molecule has 0 aromatic heterocycles. The molecule has 0 spiro atoms. The summed E-state index contributed by atoms with van der Waals surface area (Å²) in [4.78, 5) is 0. The van der Waals surface area contributed by atoms with Crippen LogP contribution in [0.4, 0.5) is 0 Å². The Bertz CT molecular complexity index is 217. The minimum atomic E-state index is 0.177. The minimum absolute atomic E-state index is 0.177. The van der Waals surface area contributed by atoms with Crippen molar-refractivity contribution in [2.75, 3.05) is 33.5 Å². The standard InChI is InChI=1S/C14H29NO2/c1-12(6-8-16-5)14(7-9-17-11-14)10-15-13(2,3)4/h12,15H,6-11H2,1-5H3. The molecule has 1 fully saturated rings. The Morgan fingerprint density at radius 2 is 2.12 bits per heavy atom. The first-order valence-corrected chi connectivity index (χ1v) is 6.71. The lowest BCUT2D eigenvalue weighted by molar-refractivity contribution is 0.0810. The highest BCUT2D eigenvalue weighted by molar-refractivity contribution is 4.91. The molecule has 1 rings (SSSR count). The van der Waals surface area contributed by atoms with E-state index in [1.165, 1.54) is 6.42 Å². The molecule has 3 heteroatoms. The molecule has 17 heavy (non-hydrogen) atoms. The smallest absolute Gasteiger partial charge is 0.0538 e. The zero-order valence-corrected chi connectivity index (χ0v) is 12.1. The highest BCUT2D eigenvalue weighted by Gasteiger charge is 2.40. The third-order valence-electron chi connectivity index (χ3n) is 3.90. The molecular weight excluding hydrogens is 214 g/mol. The third kappa shape index (κ3) is 4.57. The quantitative estimate of drug-likeness (QED) is 0.777. The average Bonchev–Trinajstić information content (AvgIpc) is 2.72. The predicted molar refractivity (Wildman–Crippen MR) is 71.3 cm³/mol. The van der Waals surface area contributed by atoms with Crippen LogP contribution >= 0.6 is 0 Å². The molecule has 0 bridgehead atoms. The van der Waals surface area contributed by atoms with E-state index in [9.17, 15) is 0 Å². The fourth-order valence-electron chi connectivity index (χ4n) is 2.37. The van der Waals surface area contributed by atoms with Crippen LogP contribution in [0, 0.1) is 11.3 Å². The second kappa shape index (κ2) is 6.17. The van der Waals surface area contributed by atoms with Gasteiger partial charge in [-0.25, -0.2) is 0 Å². The van der Waals surface area contributed by atoms with E-state index in [1.54, 1.807) is 7.11 Å². The van der Waals surface area contributed by atoms with Crippen molar-refractivity contribution in [3.63, 3.8) is 0 Å². The minimum Gasteiger partial charge on any atom is -0.385 e. The predicted octanol–water partition coefficient (Wildman–Crippen LogP) is 2.45. The number of ether oxygens (including phenoxy) is 2. The Morgan fingerprint density at radius 3 is 2.59 bits per heavy atom. The van der Waals surface area contributed by atoms with Crippen LogP contribution in [0.5, 0.6) is 0 Å². The molecule has 3 nitrogen and oxygen atoms in total. The fraction of sp³-hybridized carbons (Fsp3) is 1.00. The molecular formula is C14H29NO2. The van der Waals surface area contributed by atoms with E-state index in [4.69, 9.17) is 9.47 Å². The van der Waals surface area contributed by atoms with Gasteiger partial charge in [0.15, 0.2) is 0 Å². The molecule has 1 aliphatic heterocycles. The summed E-state index contributed by atoms with van der Waals surface area (Å²) in [6.45, 7) is 12.7. The van der Waals surface area contributed by atoms with Gasteiger partial charge in [0.25, 0.3) is 0 Å². The van der Waals surface area contributed by atoms with Crippen molar-refractivity contribution in [2.45, 2.75) is 46.1 Å². The molecule has 1 heterocycles. The van der Waals surface area contributed by atoms with Gasteiger partial charge >= 0.3 is 0 Å². The lowest BCUT2D eigenvalue weighted by Crippen LogP contribution is -2.47. The Balaban J connectivity index is 2.55. The van der Waals surface area contributed by atoms with Gasteiger partial charge in [0.2, 0.25) is 0 Å². The molecule has 2 unspecified atom stereocenters. The summed E-state index contributed by atoms with van der Waals surface area (Å²) in [5.74, 6) is 0.639. The highest BCUT2D eigenvalue weighted by Crippen LogP contribution is 2.38. The van der Waals surface area contributed by atoms with Crippen LogP contribution in [0.2, 0.25) is 0 Å². The Morgan fingerprint density at radius 1 is 1.41 bits per heavy atom. The molecule has 1 aliphatic rings. The third-order valence-corrected chi connectivity index (χ3v) is 3.90. The van der Waals surface area contributed by atoms with E-state index in [2.05, 4.69) is 33.0 Å². The van der Waals surface area contributed by atoms with Gasteiger partial charge in [-0.1, -0.05) is 6.92 Å². The molecule has 1 N–H and O–H groups in total.